The summed E-state index contributed by atoms with van der Waals surface area (Å²) in [5.74, 6) is -1.38. The SMILES string of the molecule is CCCCCCCCCCCCCCCCCC(=O)C[C@H](C(=O)N[C@@H](C)C(=O)Cc1ccc(CSP2(=O)OC[C@H]3O[C@@H](n4cnc5c(N)ncnc54)[C@H](F)[C@@H]3OP(=O)(O)OC[C@H]3O[C@@H](n4cnc5c(=O)[nH]cnc54)[C@H](F)[C@@H]3O2)cc1)C(C)C. The van der Waals surface area contributed by atoms with Gasteiger partial charge < -0.3 is 30.4 Å². The van der Waals surface area contributed by atoms with E-state index in [9.17, 15) is 28.6 Å². The largest absolute Gasteiger partial charge is 0.472 e. The number of nitrogens with one attached hydrogen (secondary N) is 2. The summed E-state index contributed by atoms with van der Waals surface area (Å²) in [6, 6.07) is 5.87. The number of rotatable bonds is 29. The minimum absolute atomic E-state index is 0.0108. The van der Waals surface area contributed by atoms with Crippen molar-refractivity contribution in [3.05, 3.63) is 71.1 Å². The summed E-state index contributed by atoms with van der Waals surface area (Å²) < 4.78 is 99.3. The standard InChI is InChI=1S/C55H78F2N10O13P2S/c1-5-6-7-8-9-10-11-12-13-14-15-16-17-18-19-20-38(68)26-39(34(2)3)52(70)65-35(4)40(69)25-36-21-23-37(24-22-36)29-83-82(74)76-28-42-47(43(56)54(78-42)66-32-63-45-49(58)59-30-60-50(45)66)79-81(72,73)75-27-41-48(80-82)44(57)55(77-41)67-33-64-46-51(67)61-31-62-53(46)71/h21-24,30-35,39,41-44,47-48,54-55H,5-20,25-29H2,1-4H3,(H,65,70)(H,72,73)(H2,58,59,60)(H,61,62,71)/t35-,39-,41+,42+,43+,44+,47+,48+,54+,55+,82?/m0/s1. The summed E-state index contributed by atoms with van der Waals surface area (Å²) in [6.07, 6.45) is 8.89. The number of halogens is 2. The molecule has 3 fully saturated rings. The fourth-order valence-electron chi connectivity index (χ4n) is 10.6. The maximum Gasteiger partial charge on any atom is 0.472 e. The van der Waals surface area contributed by atoms with Crippen LogP contribution in [0.2, 0.25) is 0 Å². The molecule has 8 rings (SSSR count). The highest BCUT2D eigenvalue weighted by Gasteiger charge is 2.55. The second-order valence-corrected chi connectivity index (χ2v) is 27.5. The van der Waals surface area contributed by atoms with Crippen molar-refractivity contribution in [2.45, 2.75) is 204 Å². The Morgan fingerprint density at radius 2 is 1.30 bits per heavy atom. The van der Waals surface area contributed by atoms with Crippen LogP contribution in [0.15, 0.2) is 54.4 Å². The molecule has 456 valence electrons. The number of carbonyl (C=O) groups excluding carboxylic acids is 3. The number of hydrogen-bond donors (Lipinski definition) is 4. The smallest absolute Gasteiger partial charge is 0.382 e. The quantitative estimate of drug-likeness (QED) is 0.0255. The van der Waals surface area contributed by atoms with Gasteiger partial charge in [0.05, 0.1) is 38.2 Å². The van der Waals surface area contributed by atoms with E-state index in [4.69, 9.17) is 33.3 Å². The molecule has 23 nitrogen and oxygen atoms in total. The van der Waals surface area contributed by atoms with Crippen molar-refractivity contribution >= 4 is 71.6 Å². The van der Waals surface area contributed by atoms with Crippen molar-refractivity contribution in [2.75, 3.05) is 18.9 Å². The van der Waals surface area contributed by atoms with Crippen LogP contribution in [0.5, 0.6) is 0 Å². The second-order valence-electron chi connectivity index (χ2n) is 22.1. The molecule has 5 aromatic rings. The Balaban J connectivity index is 0.865. The van der Waals surface area contributed by atoms with Crippen LogP contribution in [0.1, 0.15) is 160 Å². The first kappa shape index (κ1) is 64.1. The Morgan fingerprint density at radius 3 is 1.90 bits per heavy atom. The Bertz CT molecular complexity index is 3120. The molecule has 0 aliphatic carbocycles. The van der Waals surface area contributed by atoms with Gasteiger partial charge in [-0.1, -0.05) is 135 Å². The van der Waals surface area contributed by atoms with Crippen LogP contribution in [-0.2, 0) is 63.3 Å². The van der Waals surface area contributed by atoms with Crippen molar-refractivity contribution in [1.29, 1.82) is 0 Å². The topological polar surface area (TPSA) is 306 Å². The van der Waals surface area contributed by atoms with Gasteiger partial charge in [0.15, 0.2) is 53.2 Å². The molecule has 2 unspecified atom stereocenters. The summed E-state index contributed by atoms with van der Waals surface area (Å²) >= 11 is 0.640. The lowest BCUT2D eigenvalue weighted by Crippen LogP contribution is -2.44. The lowest BCUT2D eigenvalue weighted by molar-refractivity contribution is -0.133. The van der Waals surface area contributed by atoms with E-state index in [-0.39, 0.29) is 70.1 Å². The number of anilines is 1. The number of phosphoric acid groups is 1. The molecule has 3 saturated heterocycles. The summed E-state index contributed by atoms with van der Waals surface area (Å²) in [4.78, 5) is 86.3. The normalized spacial score (nSPS) is 26.6. The number of amides is 1. The molecule has 0 saturated carbocycles. The Kier molecular flexibility index (Phi) is 23.1. The number of nitrogen functional groups attached to an aromatic ring is 1. The van der Waals surface area contributed by atoms with Gasteiger partial charge in [0.25, 0.3) is 5.56 Å². The molecule has 0 bridgehead atoms. The number of hydrogen-bond acceptors (Lipinski definition) is 19. The van der Waals surface area contributed by atoms with Crippen LogP contribution in [-0.4, -0.2) is 117 Å². The minimum Gasteiger partial charge on any atom is -0.382 e. The first-order valence-corrected chi connectivity index (χ1v) is 33.6. The summed E-state index contributed by atoms with van der Waals surface area (Å²) in [6.45, 7) is 1.29. The van der Waals surface area contributed by atoms with Crippen LogP contribution in [0.25, 0.3) is 22.3 Å². The van der Waals surface area contributed by atoms with Crippen LogP contribution < -0.4 is 16.6 Å². The highest BCUT2D eigenvalue weighted by Crippen LogP contribution is 2.65. The number of Topliss-reactive ketones (excluding diaryl/α,β-unsaturated/α-hetero) is 2. The zero-order valence-corrected chi connectivity index (χ0v) is 50.0. The Morgan fingerprint density at radius 1 is 0.759 bits per heavy atom. The van der Waals surface area contributed by atoms with Gasteiger partial charge in [0, 0.05) is 30.9 Å². The van der Waals surface area contributed by atoms with E-state index in [1.54, 1.807) is 31.2 Å². The Hall–Kier alpha value is -4.88. The molecule has 12 atom stereocenters. The van der Waals surface area contributed by atoms with Crippen LogP contribution in [0.4, 0.5) is 14.6 Å². The van der Waals surface area contributed by atoms with E-state index in [1.165, 1.54) is 87.9 Å². The molecular formula is C55H78F2N10O13P2S. The number of carbonyl (C=O) groups is 3. The molecule has 7 heterocycles. The second kappa shape index (κ2) is 30.0. The molecule has 3 aliphatic rings. The third kappa shape index (κ3) is 17.0. The third-order valence-corrected chi connectivity index (χ3v) is 20.1. The maximum atomic E-state index is 16.9. The van der Waals surface area contributed by atoms with Gasteiger partial charge in [-0.25, -0.2) is 42.8 Å². The molecule has 5 N–H and O–H groups in total. The zero-order valence-electron chi connectivity index (χ0n) is 47.4. The fraction of sp³-hybridized carbons (Fsp3) is 0.655. The molecule has 1 amide bonds. The van der Waals surface area contributed by atoms with Gasteiger partial charge in [0.2, 0.25) is 5.91 Å². The predicted octanol–water partition coefficient (Wildman–Crippen LogP) is 10.1. The van der Waals surface area contributed by atoms with E-state index in [0.29, 0.717) is 28.9 Å². The highest BCUT2D eigenvalue weighted by molar-refractivity contribution is 8.54. The van der Waals surface area contributed by atoms with Gasteiger partial charge >= 0.3 is 14.6 Å². The number of H-pyrrole nitrogens is 1. The Labute approximate surface area is 485 Å². The number of unbranched alkanes of at least 4 members (excludes halogenated alkanes) is 14. The molecule has 4 aromatic heterocycles. The number of alkyl halides is 2. The molecule has 83 heavy (non-hydrogen) atoms. The predicted molar refractivity (Wildman–Crippen MR) is 306 cm³/mol. The lowest BCUT2D eigenvalue weighted by Gasteiger charge is -2.29. The van der Waals surface area contributed by atoms with E-state index < -0.39 is 94.6 Å². The number of ether oxygens (including phenoxy) is 2. The molecular weight excluding hydrogens is 1140 g/mol. The minimum atomic E-state index is -5.24. The van der Waals surface area contributed by atoms with E-state index >= 15 is 13.3 Å². The molecule has 3 aliphatic heterocycles. The number of aromatic nitrogens is 8. The van der Waals surface area contributed by atoms with Gasteiger partial charge in [-0.15, -0.1) is 0 Å². The van der Waals surface area contributed by atoms with Gasteiger partial charge in [-0.2, -0.15) is 0 Å². The number of phosphoric ester groups is 1. The number of nitrogens with two attached hydrogens (primary N) is 1. The number of benzene rings is 1. The summed E-state index contributed by atoms with van der Waals surface area (Å²) in [5.41, 5.74) is 6.45. The lowest BCUT2D eigenvalue weighted by atomic mass is 9.88. The molecule has 1 aromatic carbocycles. The van der Waals surface area contributed by atoms with Gasteiger partial charge in [0.1, 0.15) is 42.0 Å². The zero-order chi connectivity index (χ0) is 59.3. The fourth-order valence-corrected chi connectivity index (χ4v) is 14.9. The monoisotopic (exact) mass is 1220 g/mol. The van der Waals surface area contributed by atoms with Crippen LogP contribution in [0.3, 0.4) is 0 Å². The summed E-state index contributed by atoms with van der Waals surface area (Å²) in [7, 11) is -5.24. The van der Waals surface area contributed by atoms with Crippen molar-refractivity contribution in [1.82, 2.24) is 44.4 Å². The average molecular weight is 1220 g/mol. The average Bonchev–Trinajstić information content (AvgIpc) is 2.86. The van der Waals surface area contributed by atoms with E-state index in [2.05, 4.69) is 42.1 Å². The molecule has 28 heteroatoms. The van der Waals surface area contributed by atoms with Crippen LogP contribution >= 0.6 is 26.0 Å². The first-order chi connectivity index (χ1) is 39.8. The first-order valence-electron chi connectivity index (χ1n) is 28.9. The number of nitrogens with zero attached hydrogens (tertiary/aromatic N) is 7. The summed E-state index contributed by atoms with van der Waals surface area (Å²) in [5, 5.41) is 2.84. The van der Waals surface area contributed by atoms with Crippen molar-refractivity contribution in [3.8, 4) is 0 Å². The number of fused-ring (bicyclic) bond motifs is 4. The van der Waals surface area contributed by atoms with Crippen molar-refractivity contribution < 1.29 is 64.8 Å². The molecule has 0 radical (unpaired) electrons. The van der Waals surface area contributed by atoms with Crippen molar-refractivity contribution in [2.24, 2.45) is 11.8 Å². The van der Waals surface area contributed by atoms with Gasteiger partial charge in [-0.3, -0.25) is 46.4 Å². The van der Waals surface area contributed by atoms with Crippen LogP contribution in [0, 0.1) is 11.8 Å². The number of imidazole rings is 2. The number of aromatic amines is 1. The number of ketones is 2. The third-order valence-electron chi connectivity index (χ3n) is 15.4. The van der Waals surface area contributed by atoms with E-state index in [1.807, 2.05) is 13.8 Å². The highest BCUT2D eigenvalue weighted by atomic mass is 32.7. The molecule has 0 spiro atoms. The van der Waals surface area contributed by atoms with Crippen molar-refractivity contribution in [3.63, 3.8) is 0 Å². The van der Waals surface area contributed by atoms with E-state index in [0.717, 1.165) is 42.8 Å². The van der Waals surface area contributed by atoms with Gasteiger partial charge in [-0.05, 0) is 41.8 Å². The maximum absolute atomic E-state index is 16.9.